The molecule has 0 radical (unpaired) electrons. The average Bonchev–Trinajstić information content (AvgIpc) is 2.47. The van der Waals surface area contributed by atoms with Gasteiger partial charge in [-0.25, -0.2) is 0 Å². The second kappa shape index (κ2) is 3.09. The minimum atomic E-state index is 0.0869. The molecule has 3 heteroatoms. The first-order chi connectivity index (χ1) is 5.42. The quantitative estimate of drug-likeness (QED) is 0.585. The van der Waals surface area contributed by atoms with Gasteiger partial charge in [0.1, 0.15) is 0 Å². The Bertz CT molecular complexity index is 131. The minimum absolute atomic E-state index is 0.0869. The maximum absolute atomic E-state index is 8.94. The standard InChI is InChI=1S/C8H14O3/c9-3-8-7-1-2-10-4-6(7)5-11-8/h6-9H,1-5H2/t6-,7-,8?/m0/s1. The van der Waals surface area contributed by atoms with E-state index in [-0.39, 0.29) is 12.7 Å². The van der Waals surface area contributed by atoms with Crippen molar-refractivity contribution >= 4 is 0 Å². The first-order valence-electron chi connectivity index (χ1n) is 4.22. The third kappa shape index (κ3) is 1.28. The van der Waals surface area contributed by atoms with Crippen LogP contribution in [0.25, 0.3) is 0 Å². The zero-order chi connectivity index (χ0) is 7.68. The highest BCUT2D eigenvalue weighted by molar-refractivity contribution is 4.85. The molecule has 2 saturated heterocycles. The van der Waals surface area contributed by atoms with E-state index in [1.165, 1.54) is 0 Å². The molecule has 0 saturated carbocycles. The average molecular weight is 158 g/mol. The first-order valence-corrected chi connectivity index (χ1v) is 4.22. The molecule has 2 rings (SSSR count). The molecule has 2 aliphatic rings. The summed E-state index contributed by atoms with van der Waals surface area (Å²) in [5.41, 5.74) is 0. The lowest BCUT2D eigenvalue weighted by molar-refractivity contribution is 0.0133. The van der Waals surface area contributed by atoms with Crippen LogP contribution in [-0.4, -0.2) is 37.6 Å². The first kappa shape index (κ1) is 7.53. The fourth-order valence-electron chi connectivity index (χ4n) is 2.03. The van der Waals surface area contributed by atoms with Gasteiger partial charge in [-0.3, -0.25) is 0 Å². The Morgan fingerprint density at radius 2 is 2.27 bits per heavy atom. The van der Waals surface area contributed by atoms with Crippen LogP contribution in [0.5, 0.6) is 0 Å². The molecule has 0 amide bonds. The third-order valence-electron chi connectivity index (χ3n) is 2.71. The summed E-state index contributed by atoms with van der Waals surface area (Å²) in [6.07, 6.45) is 1.14. The van der Waals surface area contributed by atoms with Gasteiger partial charge in [-0.2, -0.15) is 0 Å². The van der Waals surface area contributed by atoms with Crippen LogP contribution in [0.4, 0.5) is 0 Å². The van der Waals surface area contributed by atoms with Crippen LogP contribution >= 0.6 is 0 Å². The molecule has 11 heavy (non-hydrogen) atoms. The summed E-state index contributed by atoms with van der Waals surface area (Å²) >= 11 is 0. The highest BCUT2D eigenvalue weighted by Gasteiger charge is 2.38. The van der Waals surface area contributed by atoms with Crippen molar-refractivity contribution in [1.29, 1.82) is 0 Å². The van der Waals surface area contributed by atoms with E-state index >= 15 is 0 Å². The van der Waals surface area contributed by atoms with Gasteiger partial charge in [-0.15, -0.1) is 0 Å². The zero-order valence-electron chi connectivity index (χ0n) is 6.53. The maximum atomic E-state index is 8.94. The Balaban J connectivity index is 1.98. The molecule has 0 aromatic carbocycles. The number of aliphatic hydroxyl groups excluding tert-OH is 1. The molecule has 2 heterocycles. The summed E-state index contributed by atoms with van der Waals surface area (Å²) in [6, 6.07) is 0. The van der Waals surface area contributed by atoms with E-state index in [1.807, 2.05) is 0 Å². The molecule has 64 valence electrons. The Morgan fingerprint density at radius 1 is 1.36 bits per heavy atom. The van der Waals surface area contributed by atoms with Gasteiger partial charge in [0.15, 0.2) is 0 Å². The molecule has 1 unspecified atom stereocenters. The molecule has 2 fully saturated rings. The summed E-state index contributed by atoms with van der Waals surface area (Å²) in [5, 5.41) is 8.94. The smallest absolute Gasteiger partial charge is 0.0839 e. The van der Waals surface area contributed by atoms with Gasteiger partial charge in [0.25, 0.3) is 0 Å². The molecule has 0 aromatic heterocycles. The fourth-order valence-corrected chi connectivity index (χ4v) is 2.03. The van der Waals surface area contributed by atoms with Gasteiger partial charge in [0.2, 0.25) is 0 Å². The zero-order valence-corrected chi connectivity index (χ0v) is 6.53. The number of fused-ring (bicyclic) bond motifs is 1. The van der Waals surface area contributed by atoms with Crippen molar-refractivity contribution < 1.29 is 14.6 Å². The largest absolute Gasteiger partial charge is 0.394 e. The number of hydrogen-bond acceptors (Lipinski definition) is 3. The minimum Gasteiger partial charge on any atom is -0.394 e. The van der Waals surface area contributed by atoms with Crippen molar-refractivity contribution in [2.24, 2.45) is 11.8 Å². The van der Waals surface area contributed by atoms with Crippen molar-refractivity contribution in [3.8, 4) is 0 Å². The van der Waals surface area contributed by atoms with E-state index in [2.05, 4.69) is 0 Å². The van der Waals surface area contributed by atoms with Crippen molar-refractivity contribution in [1.82, 2.24) is 0 Å². The van der Waals surface area contributed by atoms with Crippen molar-refractivity contribution in [3.05, 3.63) is 0 Å². The Kier molecular flexibility index (Phi) is 2.11. The predicted molar refractivity (Wildman–Crippen MR) is 39.2 cm³/mol. The van der Waals surface area contributed by atoms with Gasteiger partial charge in [-0.1, -0.05) is 0 Å². The summed E-state index contributed by atoms with van der Waals surface area (Å²) in [6.45, 7) is 2.60. The Labute approximate surface area is 66.3 Å². The van der Waals surface area contributed by atoms with E-state index in [9.17, 15) is 0 Å². The molecule has 0 aliphatic carbocycles. The molecule has 1 N–H and O–H groups in total. The van der Waals surface area contributed by atoms with E-state index in [0.717, 1.165) is 26.2 Å². The van der Waals surface area contributed by atoms with Gasteiger partial charge in [0, 0.05) is 12.5 Å². The highest BCUT2D eigenvalue weighted by atomic mass is 16.5. The molecule has 2 aliphatic heterocycles. The molecular formula is C8H14O3. The van der Waals surface area contributed by atoms with Gasteiger partial charge in [0.05, 0.1) is 25.9 Å². The summed E-state index contributed by atoms with van der Waals surface area (Å²) < 4.78 is 10.7. The topological polar surface area (TPSA) is 38.7 Å². The Hall–Kier alpha value is -0.120. The second-order valence-electron chi connectivity index (χ2n) is 3.34. The van der Waals surface area contributed by atoms with E-state index < -0.39 is 0 Å². The van der Waals surface area contributed by atoms with Crippen LogP contribution < -0.4 is 0 Å². The molecule has 0 bridgehead atoms. The van der Waals surface area contributed by atoms with E-state index in [0.29, 0.717) is 11.8 Å². The number of ether oxygens (including phenoxy) is 2. The highest BCUT2D eigenvalue weighted by Crippen LogP contribution is 2.32. The van der Waals surface area contributed by atoms with Crippen LogP contribution in [0.1, 0.15) is 6.42 Å². The molecular weight excluding hydrogens is 144 g/mol. The van der Waals surface area contributed by atoms with Crippen molar-refractivity contribution in [2.75, 3.05) is 26.4 Å². The number of aliphatic hydroxyl groups is 1. The lowest BCUT2D eigenvalue weighted by Crippen LogP contribution is -2.31. The van der Waals surface area contributed by atoms with Crippen LogP contribution in [0.3, 0.4) is 0 Å². The van der Waals surface area contributed by atoms with Crippen LogP contribution in [0.2, 0.25) is 0 Å². The van der Waals surface area contributed by atoms with Crippen LogP contribution in [0, 0.1) is 11.8 Å². The number of rotatable bonds is 1. The van der Waals surface area contributed by atoms with Crippen LogP contribution in [0.15, 0.2) is 0 Å². The summed E-state index contributed by atoms with van der Waals surface area (Å²) in [4.78, 5) is 0. The summed E-state index contributed by atoms with van der Waals surface area (Å²) in [7, 11) is 0. The Morgan fingerprint density at radius 3 is 3.09 bits per heavy atom. The lowest BCUT2D eigenvalue weighted by Gasteiger charge is -2.26. The van der Waals surface area contributed by atoms with Gasteiger partial charge >= 0.3 is 0 Å². The number of hydrogen-bond donors (Lipinski definition) is 1. The van der Waals surface area contributed by atoms with Crippen molar-refractivity contribution in [2.45, 2.75) is 12.5 Å². The lowest BCUT2D eigenvalue weighted by atomic mass is 9.87. The molecule has 0 aromatic rings. The monoisotopic (exact) mass is 158 g/mol. The SMILES string of the molecule is OCC1OC[C@@H]2COCC[C@H]12. The summed E-state index contributed by atoms with van der Waals surface area (Å²) in [5.74, 6) is 1.09. The predicted octanol–water partition coefficient (Wildman–Crippen LogP) is 0.0302. The van der Waals surface area contributed by atoms with Crippen molar-refractivity contribution in [3.63, 3.8) is 0 Å². The third-order valence-corrected chi connectivity index (χ3v) is 2.71. The van der Waals surface area contributed by atoms with Gasteiger partial charge < -0.3 is 14.6 Å². The second-order valence-corrected chi connectivity index (χ2v) is 3.34. The molecule has 3 atom stereocenters. The normalized spacial score (nSPS) is 43.9. The van der Waals surface area contributed by atoms with E-state index in [1.54, 1.807) is 0 Å². The van der Waals surface area contributed by atoms with Crippen LogP contribution in [-0.2, 0) is 9.47 Å². The molecule has 0 spiro atoms. The van der Waals surface area contributed by atoms with E-state index in [4.69, 9.17) is 14.6 Å². The maximum Gasteiger partial charge on any atom is 0.0839 e. The van der Waals surface area contributed by atoms with Gasteiger partial charge in [-0.05, 0) is 12.3 Å². The molecule has 3 nitrogen and oxygen atoms in total. The fraction of sp³-hybridized carbons (Fsp3) is 1.00.